The van der Waals surface area contributed by atoms with Gasteiger partial charge in [-0.1, -0.05) is 36.8 Å². The number of aryl methyl sites for hydroxylation is 1. The normalized spacial score (nSPS) is 15.4. The molecule has 0 radical (unpaired) electrons. The van der Waals surface area contributed by atoms with Crippen LogP contribution < -0.4 is 10.6 Å². The van der Waals surface area contributed by atoms with E-state index >= 15 is 0 Å². The van der Waals surface area contributed by atoms with Crippen molar-refractivity contribution in [1.29, 1.82) is 0 Å². The van der Waals surface area contributed by atoms with Crippen molar-refractivity contribution in [1.82, 2.24) is 20.6 Å². The first-order valence-corrected chi connectivity index (χ1v) is 9.81. The molecular weight excluding hydrogens is 352 g/mol. The van der Waals surface area contributed by atoms with Gasteiger partial charge in [0.15, 0.2) is 0 Å². The SMILES string of the molecule is O=C(C[C@@H]1NC(=O)c2ccccc21)NCCCCCc1nc2ccccc2[nH]1. The number of H-pyrrole nitrogens is 1. The number of nitrogens with one attached hydrogen (secondary N) is 3. The summed E-state index contributed by atoms with van der Waals surface area (Å²) >= 11 is 0. The van der Waals surface area contributed by atoms with Crippen molar-refractivity contribution >= 4 is 22.8 Å². The molecule has 0 fully saturated rings. The van der Waals surface area contributed by atoms with Crippen molar-refractivity contribution in [3.8, 4) is 0 Å². The second kappa shape index (κ2) is 8.25. The molecule has 1 aliphatic heterocycles. The average Bonchev–Trinajstić information content (AvgIpc) is 3.26. The number of unbranched alkanes of at least 4 members (excludes halogenated alkanes) is 2. The third-order valence-electron chi connectivity index (χ3n) is 5.13. The zero-order valence-corrected chi connectivity index (χ0v) is 15.7. The fraction of sp³-hybridized carbons (Fsp3) is 0.318. The van der Waals surface area contributed by atoms with E-state index in [1.165, 1.54) is 0 Å². The summed E-state index contributed by atoms with van der Waals surface area (Å²) in [7, 11) is 0. The van der Waals surface area contributed by atoms with Gasteiger partial charge >= 0.3 is 0 Å². The molecular formula is C22H24N4O2. The third-order valence-corrected chi connectivity index (χ3v) is 5.13. The molecule has 28 heavy (non-hydrogen) atoms. The average molecular weight is 376 g/mol. The molecule has 2 heterocycles. The van der Waals surface area contributed by atoms with Crippen molar-refractivity contribution in [2.24, 2.45) is 0 Å². The number of amides is 2. The third kappa shape index (κ3) is 4.06. The molecule has 1 aromatic heterocycles. The molecule has 0 bridgehead atoms. The number of aromatic amines is 1. The molecule has 0 saturated heterocycles. The number of carbonyl (C=O) groups is 2. The molecule has 2 aromatic carbocycles. The van der Waals surface area contributed by atoms with Crippen molar-refractivity contribution in [2.75, 3.05) is 6.54 Å². The van der Waals surface area contributed by atoms with E-state index in [-0.39, 0.29) is 24.3 Å². The van der Waals surface area contributed by atoms with Crippen molar-refractivity contribution < 1.29 is 9.59 Å². The van der Waals surface area contributed by atoms with Gasteiger partial charge in [-0.25, -0.2) is 4.98 Å². The fourth-order valence-electron chi connectivity index (χ4n) is 3.69. The highest BCUT2D eigenvalue weighted by atomic mass is 16.2. The van der Waals surface area contributed by atoms with E-state index in [9.17, 15) is 9.59 Å². The molecule has 0 spiro atoms. The Morgan fingerprint density at radius 2 is 1.86 bits per heavy atom. The molecule has 1 aliphatic rings. The maximum atomic E-state index is 12.2. The lowest BCUT2D eigenvalue weighted by molar-refractivity contribution is -0.121. The van der Waals surface area contributed by atoms with Crippen LogP contribution in [0, 0.1) is 0 Å². The number of benzene rings is 2. The lowest BCUT2D eigenvalue weighted by Crippen LogP contribution is -2.29. The zero-order valence-electron chi connectivity index (χ0n) is 15.7. The van der Waals surface area contributed by atoms with Gasteiger partial charge in [-0.2, -0.15) is 0 Å². The summed E-state index contributed by atoms with van der Waals surface area (Å²) in [6.45, 7) is 0.654. The first-order chi connectivity index (χ1) is 13.7. The number of rotatable bonds is 8. The van der Waals surface area contributed by atoms with Crippen LogP contribution in [0.3, 0.4) is 0 Å². The van der Waals surface area contributed by atoms with Crippen LogP contribution in [0.1, 0.15) is 53.5 Å². The second-order valence-corrected chi connectivity index (χ2v) is 7.18. The van der Waals surface area contributed by atoms with Crippen molar-refractivity contribution in [3.05, 3.63) is 65.5 Å². The summed E-state index contributed by atoms with van der Waals surface area (Å²) in [5.74, 6) is 0.888. The zero-order chi connectivity index (χ0) is 19.3. The number of carbonyl (C=O) groups excluding carboxylic acids is 2. The fourth-order valence-corrected chi connectivity index (χ4v) is 3.69. The Morgan fingerprint density at radius 3 is 2.75 bits per heavy atom. The number of aromatic nitrogens is 2. The van der Waals surface area contributed by atoms with Gasteiger partial charge in [-0.3, -0.25) is 9.59 Å². The molecule has 3 N–H and O–H groups in total. The number of fused-ring (bicyclic) bond motifs is 2. The Kier molecular flexibility index (Phi) is 5.37. The molecule has 2 amide bonds. The van der Waals surface area contributed by atoms with Crippen LogP contribution in [0.25, 0.3) is 11.0 Å². The molecule has 0 aliphatic carbocycles. The summed E-state index contributed by atoms with van der Waals surface area (Å²) in [6.07, 6.45) is 4.18. The highest BCUT2D eigenvalue weighted by Gasteiger charge is 2.29. The summed E-state index contributed by atoms with van der Waals surface area (Å²) in [6, 6.07) is 15.2. The quantitative estimate of drug-likeness (QED) is 0.527. The highest BCUT2D eigenvalue weighted by Crippen LogP contribution is 2.27. The first-order valence-electron chi connectivity index (χ1n) is 9.81. The van der Waals surface area contributed by atoms with Gasteiger partial charge < -0.3 is 15.6 Å². The minimum absolute atomic E-state index is 0.0284. The van der Waals surface area contributed by atoms with Crippen LogP contribution >= 0.6 is 0 Å². The monoisotopic (exact) mass is 376 g/mol. The molecule has 1 atom stereocenters. The van der Waals surface area contributed by atoms with Crippen molar-refractivity contribution in [3.63, 3.8) is 0 Å². The first kappa shape index (κ1) is 18.2. The Labute approximate surface area is 163 Å². The van der Waals surface area contributed by atoms with Gasteiger partial charge in [0.05, 0.1) is 23.5 Å². The smallest absolute Gasteiger partial charge is 0.252 e. The number of imidazole rings is 1. The highest BCUT2D eigenvalue weighted by molar-refractivity contribution is 5.99. The Balaban J connectivity index is 1.15. The minimum Gasteiger partial charge on any atom is -0.356 e. The van der Waals surface area contributed by atoms with E-state index in [1.54, 1.807) is 6.07 Å². The van der Waals surface area contributed by atoms with Crippen LogP contribution in [0.5, 0.6) is 0 Å². The summed E-state index contributed by atoms with van der Waals surface area (Å²) in [5.41, 5.74) is 3.66. The second-order valence-electron chi connectivity index (χ2n) is 7.18. The van der Waals surface area contributed by atoms with E-state index in [2.05, 4.69) is 20.6 Å². The standard InChI is InChI=1S/C22H24N4O2/c27-21(14-19-15-8-3-4-9-16(15)22(28)26-19)23-13-7-1-2-12-20-24-17-10-5-6-11-18(17)25-20/h3-6,8-11,19H,1-2,7,12-14H2,(H,23,27)(H,24,25)(H,26,28)/t19-/m0/s1. The maximum absolute atomic E-state index is 12.2. The maximum Gasteiger partial charge on any atom is 0.252 e. The van der Waals surface area contributed by atoms with Gasteiger partial charge in [0.25, 0.3) is 5.91 Å². The Hall–Kier alpha value is -3.15. The molecule has 144 valence electrons. The summed E-state index contributed by atoms with van der Waals surface area (Å²) in [5, 5.41) is 5.84. The van der Waals surface area contributed by atoms with E-state index in [0.29, 0.717) is 12.1 Å². The largest absolute Gasteiger partial charge is 0.356 e. The Morgan fingerprint density at radius 1 is 1.04 bits per heavy atom. The van der Waals surface area contributed by atoms with Gasteiger partial charge in [-0.15, -0.1) is 0 Å². The van der Waals surface area contributed by atoms with Crippen LogP contribution in [0.4, 0.5) is 0 Å². The van der Waals surface area contributed by atoms with Gasteiger partial charge in [0.2, 0.25) is 5.91 Å². The molecule has 3 aromatic rings. The van der Waals surface area contributed by atoms with Crippen LogP contribution in [0.15, 0.2) is 48.5 Å². The van der Waals surface area contributed by atoms with Gasteiger partial charge in [0, 0.05) is 18.5 Å². The Bertz CT molecular complexity index is 962. The van der Waals surface area contributed by atoms with Crippen molar-refractivity contribution in [2.45, 2.75) is 38.1 Å². The topological polar surface area (TPSA) is 86.9 Å². The van der Waals surface area contributed by atoms with Gasteiger partial charge in [0.1, 0.15) is 5.82 Å². The van der Waals surface area contributed by atoms with E-state index < -0.39 is 0 Å². The number of para-hydroxylation sites is 2. The molecule has 0 saturated carbocycles. The lowest BCUT2D eigenvalue weighted by Gasteiger charge is -2.11. The molecule has 6 heteroatoms. The lowest BCUT2D eigenvalue weighted by atomic mass is 10.0. The predicted octanol–water partition coefficient (Wildman–Crippen LogP) is 3.27. The molecule has 6 nitrogen and oxygen atoms in total. The number of nitrogens with zero attached hydrogens (tertiary/aromatic N) is 1. The predicted molar refractivity (Wildman–Crippen MR) is 108 cm³/mol. The van der Waals surface area contributed by atoms with E-state index in [0.717, 1.165) is 48.1 Å². The van der Waals surface area contributed by atoms with Crippen LogP contribution in [-0.2, 0) is 11.2 Å². The summed E-state index contributed by atoms with van der Waals surface area (Å²) in [4.78, 5) is 32.0. The number of hydrogen-bond acceptors (Lipinski definition) is 3. The van der Waals surface area contributed by atoms with Crippen LogP contribution in [0.2, 0.25) is 0 Å². The molecule has 0 unspecified atom stereocenters. The number of hydrogen-bond donors (Lipinski definition) is 3. The minimum atomic E-state index is -0.225. The summed E-state index contributed by atoms with van der Waals surface area (Å²) < 4.78 is 0. The van der Waals surface area contributed by atoms with Crippen LogP contribution in [-0.4, -0.2) is 28.3 Å². The molecule has 4 rings (SSSR count). The van der Waals surface area contributed by atoms with E-state index in [4.69, 9.17) is 0 Å². The van der Waals surface area contributed by atoms with Gasteiger partial charge in [-0.05, 0) is 36.6 Å². The van der Waals surface area contributed by atoms with E-state index in [1.807, 2.05) is 42.5 Å².